The minimum absolute atomic E-state index is 0.184. The number of rotatable bonds is 5. The van der Waals surface area contributed by atoms with E-state index >= 15 is 4.39 Å². The second-order valence-corrected chi connectivity index (χ2v) is 10.8. The highest BCUT2D eigenvalue weighted by molar-refractivity contribution is 6.05. The van der Waals surface area contributed by atoms with Crippen molar-refractivity contribution in [2.24, 2.45) is 0 Å². The number of aromatic nitrogens is 1. The van der Waals surface area contributed by atoms with E-state index in [0.717, 1.165) is 11.1 Å². The topological polar surface area (TPSA) is 103 Å². The summed E-state index contributed by atoms with van der Waals surface area (Å²) in [4.78, 5) is 44.7. The van der Waals surface area contributed by atoms with Crippen LogP contribution in [0.5, 0.6) is 0 Å². The van der Waals surface area contributed by atoms with Crippen LogP contribution < -0.4 is 5.32 Å². The van der Waals surface area contributed by atoms with E-state index in [4.69, 9.17) is 0 Å². The van der Waals surface area contributed by atoms with Gasteiger partial charge >= 0.3 is 0 Å². The van der Waals surface area contributed by atoms with E-state index in [1.165, 1.54) is 4.90 Å². The number of amides is 3. The van der Waals surface area contributed by atoms with E-state index in [-0.39, 0.29) is 36.9 Å². The van der Waals surface area contributed by atoms with Crippen LogP contribution in [0.15, 0.2) is 54.7 Å². The van der Waals surface area contributed by atoms with Crippen molar-refractivity contribution in [1.29, 1.82) is 0 Å². The Morgan fingerprint density at radius 1 is 1.13 bits per heavy atom. The molecule has 3 aliphatic rings. The maximum atomic E-state index is 15.7. The maximum Gasteiger partial charge on any atom is 0.255 e. The molecule has 2 aromatic carbocycles. The minimum Gasteiger partial charge on any atom is -0.384 e. The molecule has 2 atom stereocenters. The van der Waals surface area contributed by atoms with E-state index < -0.39 is 23.4 Å². The summed E-state index contributed by atoms with van der Waals surface area (Å²) in [5.41, 5.74) is 3.40. The zero-order valence-electron chi connectivity index (χ0n) is 21.6. The van der Waals surface area contributed by atoms with Gasteiger partial charge in [0, 0.05) is 55.5 Å². The van der Waals surface area contributed by atoms with Crippen molar-refractivity contribution in [2.75, 3.05) is 13.1 Å². The van der Waals surface area contributed by atoms with Crippen LogP contribution in [-0.2, 0) is 28.3 Å². The maximum absolute atomic E-state index is 15.7. The van der Waals surface area contributed by atoms with Crippen LogP contribution in [0.2, 0.25) is 0 Å². The summed E-state index contributed by atoms with van der Waals surface area (Å²) in [6.07, 6.45) is 2.61. The summed E-state index contributed by atoms with van der Waals surface area (Å²) < 4.78 is 15.7. The second kappa shape index (κ2) is 9.66. The molecule has 0 bridgehead atoms. The third-order valence-corrected chi connectivity index (χ3v) is 8.08. The van der Waals surface area contributed by atoms with Crippen molar-refractivity contribution in [2.45, 2.75) is 50.9 Å². The van der Waals surface area contributed by atoms with E-state index in [1.54, 1.807) is 30.5 Å². The molecule has 0 aliphatic carbocycles. The number of aliphatic hydroxyl groups is 1. The van der Waals surface area contributed by atoms with E-state index in [0.29, 0.717) is 48.3 Å². The molecular formula is C30H29FN4O4. The predicted octanol–water partition coefficient (Wildman–Crippen LogP) is 3.05. The lowest BCUT2D eigenvalue weighted by atomic mass is 9.92. The first-order chi connectivity index (χ1) is 18.7. The van der Waals surface area contributed by atoms with Crippen molar-refractivity contribution in [3.8, 4) is 11.3 Å². The molecule has 2 unspecified atom stereocenters. The smallest absolute Gasteiger partial charge is 0.255 e. The molecule has 2 fully saturated rings. The van der Waals surface area contributed by atoms with E-state index in [2.05, 4.69) is 10.3 Å². The first-order valence-electron chi connectivity index (χ1n) is 13.1. The lowest BCUT2D eigenvalue weighted by Crippen LogP contribution is -2.52. The first-order valence-corrected chi connectivity index (χ1v) is 13.1. The number of nitrogens with zero attached hydrogens (tertiary/aromatic N) is 3. The van der Waals surface area contributed by atoms with Gasteiger partial charge in [-0.2, -0.15) is 0 Å². The van der Waals surface area contributed by atoms with Gasteiger partial charge in [0.1, 0.15) is 17.3 Å². The number of carbonyl (C=O) groups is 3. The van der Waals surface area contributed by atoms with E-state index in [1.807, 2.05) is 36.1 Å². The van der Waals surface area contributed by atoms with Gasteiger partial charge in [-0.3, -0.25) is 29.6 Å². The van der Waals surface area contributed by atoms with Crippen molar-refractivity contribution < 1.29 is 23.9 Å². The molecule has 3 aromatic rings. The quantitative estimate of drug-likeness (QED) is 0.494. The van der Waals surface area contributed by atoms with Gasteiger partial charge in [-0.15, -0.1) is 0 Å². The average molecular weight is 529 g/mol. The molecule has 2 saturated heterocycles. The Hall–Kier alpha value is -3.95. The SMILES string of the molecule is Cc1ccc(C2(O)CCN(Cc3ccnc(-c4ccc5c(c4)CN(C4CCC(=O)NC4=O)C5=O)c3F)C2)cc1. The fourth-order valence-electron chi connectivity index (χ4n) is 5.88. The number of imide groups is 1. The predicted molar refractivity (Wildman–Crippen MR) is 141 cm³/mol. The van der Waals surface area contributed by atoms with Crippen LogP contribution >= 0.6 is 0 Å². The highest BCUT2D eigenvalue weighted by Crippen LogP contribution is 2.35. The number of piperidine rings is 1. The normalized spacial score (nSPS) is 23.3. The first kappa shape index (κ1) is 25.3. The number of hydrogen-bond donors (Lipinski definition) is 2. The molecule has 8 nitrogen and oxygen atoms in total. The monoisotopic (exact) mass is 528 g/mol. The third-order valence-electron chi connectivity index (χ3n) is 8.08. The van der Waals surface area contributed by atoms with Crippen molar-refractivity contribution in [1.82, 2.24) is 20.1 Å². The number of aryl methyl sites for hydroxylation is 1. The lowest BCUT2D eigenvalue weighted by molar-refractivity contribution is -0.136. The van der Waals surface area contributed by atoms with Crippen LogP contribution in [0.1, 0.15) is 51.9 Å². The number of fused-ring (bicyclic) bond motifs is 1. The van der Waals surface area contributed by atoms with Crippen molar-refractivity contribution >= 4 is 17.7 Å². The Morgan fingerprint density at radius 3 is 2.69 bits per heavy atom. The fourth-order valence-corrected chi connectivity index (χ4v) is 5.88. The molecule has 0 spiro atoms. The summed E-state index contributed by atoms with van der Waals surface area (Å²) in [7, 11) is 0. The number of carbonyl (C=O) groups excluding carboxylic acids is 3. The number of hydrogen-bond acceptors (Lipinski definition) is 6. The Balaban J connectivity index is 1.20. The molecule has 4 heterocycles. The number of pyridine rings is 1. The summed E-state index contributed by atoms with van der Waals surface area (Å²) in [6.45, 7) is 3.60. The summed E-state index contributed by atoms with van der Waals surface area (Å²) >= 11 is 0. The highest BCUT2D eigenvalue weighted by atomic mass is 19.1. The number of likely N-dealkylation sites (tertiary alicyclic amines) is 1. The van der Waals surface area contributed by atoms with Crippen LogP contribution in [0, 0.1) is 12.7 Å². The molecule has 1 aromatic heterocycles. The molecule has 2 N–H and O–H groups in total. The average Bonchev–Trinajstić information content (AvgIpc) is 3.45. The van der Waals surface area contributed by atoms with Crippen LogP contribution in [0.4, 0.5) is 4.39 Å². The zero-order chi connectivity index (χ0) is 27.3. The van der Waals surface area contributed by atoms with E-state index in [9.17, 15) is 19.5 Å². The molecule has 3 aliphatic heterocycles. The largest absolute Gasteiger partial charge is 0.384 e. The molecule has 3 amide bonds. The number of halogens is 1. The highest BCUT2D eigenvalue weighted by Gasteiger charge is 2.40. The van der Waals surface area contributed by atoms with Gasteiger partial charge in [0.05, 0.1) is 0 Å². The van der Waals surface area contributed by atoms with Crippen molar-refractivity contribution in [3.05, 3.63) is 88.4 Å². The van der Waals surface area contributed by atoms with Gasteiger partial charge in [0.25, 0.3) is 5.91 Å². The Bertz CT molecular complexity index is 1490. The fraction of sp³-hybridized carbons (Fsp3) is 0.333. The Labute approximate surface area is 225 Å². The summed E-state index contributed by atoms with van der Waals surface area (Å²) in [5.74, 6) is -1.51. The molecule has 39 heavy (non-hydrogen) atoms. The second-order valence-electron chi connectivity index (χ2n) is 10.8. The molecule has 6 rings (SSSR count). The molecule has 0 saturated carbocycles. The van der Waals surface area contributed by atoms with Gasteiger partial charge in [0.2, 0.25) is 11.8 Å². The van der Waals surface area contributed by atoms with Crippen molar-refractivity contribution in [3.63, 3.8) is 0 Å². The standard InChI is InChI=1S/C30H29FN4O4/c1-18-2-5-22(6-3-18)30(39)11-13-34(17-30)15-20-10-12-32-27(26(20)31)19-4-7-23-21(14-19)16-35(29(23)38)24-8-9-25(36)33-28(24)37/h2-7,10,12,14,24,39H,8-9,11,13,15-17H2,1H3,(H,33,36,37). The van der Waals surface area contributed by atoms with Crippen LogP contribution in [0.25, 0.3) is 11.3 Å². The van der Waals surface area contributed by atoms with Gasteiger partial charge in [0.15, 0.2) is 5.82 Å². The number of benzene rings is 2. The zero-order valence-corrected chi connectivity index (χ0v) is 21.6. The number of nitrogens with one attached hydrogen (secondary N) is 1. The van der Waals surface area contributed by atoms with Gasteiger partial charge in [-0.1, -0.05) is 35.9 Å². The van der Waals surface area contributed by atoms with Gasteiger partial charge in [-0.25, -0.2) is 4.39 Å². The third kappa shape index (κ3) is 4.62. The lowest BCUT2D eigenvalue weighted by Gasteiger charge is -2.29. The molecule has 200 valence electrons. The number of β-amino-alcohol motifs (C(OH)–C–C–N with tert-alkyl or cyclic N) is 1. The minimum atomic E-state index is -0.971. The molecular weight excluding hydrogens is 499 g/mol. The van der Waals surface area contributed by atoms with Crippen LogP contribution in [-0.4, -0.2) is 56.7 Å². The summed E-state index contributed by atoms with van der Waals surface area (Å²) in [6, 6.07) is 13.9. The molecule has 0 radical (unpaired) electrons. The Kier molecular flexibility index (Phi) is 6.28. The van der Waals surface area contributed by atoms with Gasteiger partial charge < -0.3 is 10.0 Å². The van der Waals surface area contributed by atoms with Gasteiger partial charge in [-0.05, 0) is 49.1 Å². The molecule has 9 heteroatoms. The Morgan fingerprint density at radius 2 is 1.92 bits per heavy atom. The summed E-state index contributed by atoms with van der Waals surface area (Å²) in [5, 5.41) is 13.5. The van der Waals surface area contributed by atoms with Crippen LogP contribution in [0.3, 0.4) is 0 Å².